The van der Waals surface area contributed by atoms with Crippen LogP contribution < -0.4 is 10.6 Å². The van der Waals surface area contributed by atoms with Crippen molar-refractivity contribution in [1.82, 2.24) is 10.6 Å². The van der Waals surface area contributed by atoms with E-state index in [2.05, 4.69) is 47.0 Å². The first kappa shape index (κ1) is 16.8. The Bertz CT molecular complexity index is 683. The number of hydrogen-bond donors (Lipinski definition) is 2. The average Bonchev–Trinajstić information content (AvgIpc) is 3.19. The third-order valence-electron chi connectivity index (χ3n) is 4.73. The summed E-state index contributed by atoms with van der Waals surface area (Å²) in [7, 11) is 0. The molecule has 0 radical (unpaired) electrons. The Morgan fingerprint density at radius 2 is 1.71 bits per heavy atom. The number of rotatable bonds is 3. The highest BCUT2D eigenvalue weighted by Gasteiger charge is 2.29. The van der Waals surface area contributed by atoms with Crippen LogP contribution in [0, 0.1) is 0 Å². The molecule has 0 bridgehead atoms. The molecular weight excluding hydrogens is 324 g/mol. The molecule has 4 rings (SSSR count). The average molecular weight is 345 g/mol. The second kappa shape index (κ2) is 7.24. The monoisotopic (exact) mass is 344 g/mol. The molecule has 1 saturated heterocycles. The molecule has 4 nitrogen and oxygen atoms in total. The van der Waals surface area contributed by atoms with Gasteiger partial charge in [-0.2, -0.15) is 0 Å². The zero-order chi connectivity index (χ0) is 15.6. The highest BCUT2D eigenvalue weighted by atomic mass is 35.5. The van der Waals surface area contributed by atoms with E-state index in [9.17, 15) is 4.79 Å². The van der Waals surface area contributed by atoms with E-state index in [1.807, 2.05) is 12.1 Å². The predicted molar refractivity (Wildman–Crippen MR) is 96.7 cm³/mol. The van der Waals surface area contributed by atoms with E-state index in [1.165, 1.54) is 22.3 Å². The van der Waals surface area contributed by atoms with Crippen molar-refractivity contribution in [2.24, 2.45) is 0 Å². The summed E-state index contributed by atoms with van der Waals surface area (Å²) in [5.41, 5.74) is 4.97. The summed E-state index contributed by atoms with van der Waals surface area (Å²) in [6.45, 7) is 2.15. The van der Waals surface area contributed by atoms with Gasteiger partial charge < -0.3 is 15.4 Å². The first-order valence-electron chi connectivity index (χ1n) is 8.15. The van der Waals surface area contributed by atoms with Crippen molar-refractivity contribution in [3.8, 4) is 11.1 Å². The molecule has 24 heavy (non-hydrogen) atoms. The van der Waals surface area contributed by atoms with Crippen molar-refractivity contribution in [2.75, 3.05) is 19.7 Å². The summed E-state index contributed by atoms with van der Waals surface area (Å²) in [5, 5.41) is 6.16. The maximum Gasteiger partial charge on any atom is 0.407 e. The first-order chi connectivity index (χ1) is 11.3. The van der Waals surface area contributed by atoms with Crippen LogP contribution in [0.5, 0.6) is 0 Å². The highest BCUT2D eigenvalue weighted by molar-refractivity contribution is 5.85. The number of halogens is 1. The summed E-state index contributed by atoms with van der Waals surface area (Å²) in [4.78, 5) is 12.0. The van der Waals surface area contributed by atoms with Crippen molar-refractivity contribution in [1.29, 1.82) is 0 Å². The summed E-state index contributed by atoms with van der Waals surface area (Å²) < 4.78 is 5.52. The number of alkyl carbamates (subject to hydrolysis) is 1. The summed E-state index contributed by atoms with van der Waals surface area (Å²) in [6.07, 6.45) is 0.644. The van der Waals surface area contributed by atoms with Gasteiger partial charge in [-0.25, -0.2) is 4.79 Å². The van der Waals surface area contributed by atoms with Crippen LogP contribution in [0.15, 0.2) is 48.5 Å². The van der Waals surface area contributed by atoms with E-state index < -0.39 is 0 Å². The van der Waals surface area contributed by atoms with Gasteiger partial charge in [0.15, 0.2) is 0 Å². The molecule has 1 aliphatic carbocycles. The van der Waals surface area contributed by atoms with E-state index >= 15 is 0 Å². The lowest BCUT2D eigenvalue weighted by Crippen LogP contribution is -2.37. The van der Waals surface area contributed by atoms with Gasteiger partial charge >= 0.3 is 6.09 Å². The SMILES string of the molecule is Cl.O=C(NC1CCNC1)OCC1c2ccccc2-c2ccccc21. The lowest BCUT2D eigenvalue weighted by molar-refractivity contribution is 0.139. The van der Waals surface area contributed by atoms with Gasteiger partial charge in [0.2, 0.25) is 0 Å². The summed E-state index contributed by atoms with van der Waals surface area (Å²) in [5.74, 6) is 0.120. The van der Waals surface area contributed by atoms with Gasteiger partial charge in [0, 0.05) is 18.5 Å². The molecule has 1 fully saturated rings. The fraction of sp³-hybridized carbons (Fsp3) is 0.316. The molecule has 2 aromatic rings. The molecule has 0 aromatic heterocycles. The largest absolute Gasteiger partial charge is 0.449 e. The van der Waals surface area contributed by atoms with E-state index in [4.69, 9.17) is 4.74 Å². The standard InChI is InChI=1S/C19H20N2O2.ClH/c22-19(21-13-9-10-20-11-13)23-12-18-16-7-3-1-5-14(16)15-6-2-4-8-17(15)18;/h1-8,13,18,20H,9-12H2,(H,21,22);1H. The molecule has 1 amide bonds. The van der Waals surface area contributed by atoms with Crippen LogP contribution in [-0.2, 0) is 4.74 Å². The number of hydrogen-bond acceptors (Lipinski definition) is 3. The van der Waals surface area contributed by atoms with Gasteiger partial charge in [-0.05, 0) is 35.2 Å². The molecule has 5 heteroatoms. The minimum absolute atomic E-state index is 0. The number of ether oxygens (including phenoxy) is 1. The fourth-order valence-electron chi connectivity index (χ4n) is 3.58. The lowest BCUT2D eigenvalue weighted by atomic mass is 9.98. The molecular formula is C19H21ClN2O2. The van der Waals surface area contributed by atoms with Crippen LogP contribution >= 0.6 is 12.4 Å². The van der Waals surface area contributed by atoms with Gasteiger partial charge in [0.1, 0.15) is 6.61 Å². The van der Waals surface area contributed by atoms with Crippen LogP contribution in [0.3, 0.4) is 0 Å². The van der Waals surface area contributed by atoms with E-state index in [1.54, 1.807) is 0 Å². The topological polar surface area (TPSA) is 50.4 Å². The quantitative estimate of drug-likeness (QED) is 0.898. The Balaban J connectivity index is 0.00000169. The maximum absolute atomic E-state index is 12.0. The molecule has 0 spiro atoms. The molecule has 1 atom stereocenters. The third-order valence-corrected chi connectivity index (χ3v) is 4.73. The molecule has 1 aliphatic heterocycles. The number of amides is 1. The molecule has 1 unspecified atom stereocenters. The lowest BCUT2D eigenvalue weighted by Gasteiger charge is -2.16. The van der Waals surface area contributed by atoms with Crippen LogP contribution in [0.1, 0.15) is 23.5 Å². The Morgan fingerprint density at radius 3 is 2.29 bits per heavy atom. The smallest absolute Gasteiger partial charge is 0.407 e. The summed E-state index contributed by atoms with van der Waals surface area (Å²) in [6, 6.07) is 16.9. The van der Waals surface area contributed by atoms with Crippen LogP contribution in [0.25, 0.3) is 11.1 Å². The van der Waals surface area contributed by atoms with Gasteiger partial charge in [0.05, 0.1) is 0 Å². The number of benzene rings is 2. The maximum atomic E-state index is 12.0. The molecule has 2 aliphatic rings. The zero-order valence-electron chi connectivity index (χ0n) is 13.3. The molecule has 0 saturated carbocycles. The second-order valence-corrected chi connectivity index (χ2v) is 6.16. The van der Waals surface area contributed by atoms with Crippen molar-refractivity contribution >= 4 is 18.5 Å². The number of fused-ring (bicyclic) bond motifs is 3. The molecule has 1 heterocycles. The second-order valence-electron chi connectivity index (χ2n) is 6.16. The van der Waals surface area contributed by atoms with E-state index in [0.717, 1.165) is 19.5 Å². The zero-order valence-corrected chi connectivity index (χ0v) is 14.1. The molecule has 2 aromatic carbocycles. The van der Waals surface area contributed by atoms with Crippen molar-refractivity contribution in [2.45, 2.75) is 18.4 Å². The van der Waals surface area contributed by atoms with Crippen LogP contribution in [-0.4, -0.2) is 31.8 Å². The van der Waals surface area contributed by atoms with Crippen LogP contribution in [0.4, 0.5) is 4.79 Å². The van der Waals surface area contributed by atoms with Gasteiger partial charge in [-0.1, -0.05) is 48.5 Å². The minimum atomic E-state index is -0.319. The first-order valence-corrected chi connectivity index (χ1v) is 8.15. The van der Waals surface area contributed by atoms with Gasteiger partial charge in [-0.3, -0.25) is 0 Å². The van der Waals surface area contributed by atoms with Crippen LogP contribution in [0.2, 0.25) is 0 Å². The Morgan fingerprint density at radius 1 is 1.08 bits per heavy atom. The Kier molecular flexibility index (Phi) is 5.07. The van der Waals surface area contributed by atoms with Gasteiger partial charge in [0.25, 0.3) is 0 Å². The Hall–Kier alpha value is -2.04. The normalized spacial score (nSPS) is 18.4. The number of carbonyl (C=O) groups is 1. The minimum Gasteiger partial charge on any atom is -0.449 e. The van der Waals surface area contributed by atoms with Crippen molar-refractivity contribution in [3.05, 3.63) is 59.7 Å². The van der Waals surface area contributed by atoms with E-state index in [0.29, 0.717) is 6.61 Å². The third kappa shape index (κ3) is 3.12. The molecule has 2 N–H and O–H groups in total. The Labute approximate surface area is 148 Å². The van der Waals surface area contributed by atoms with Crippen molar-refractivity contribution < 1.29 is 9.53 Å². The van der Waals surface area contributed by atoms with E-state index in [-0.39, 0.29) is 30.5 Å². The van der Waals surface area contributed by atoms with Crippen molar-refractivity contribution in [3.63, 3.8) is 0 Å². The number of carbonyl (C=O) groups excluding carboxylic acids is 1. The van der Waals surface area contributed by atoms with Gasteiger partial charge in [-0.15, -0.1) is 12.4 Å². The molecule has 126 valence electrons. The fourth-order valence-corrected chi connectivity index (χ4v) is 3.58. The highest BCUT2D eigenvalue weighted by Crippen LogP contribution is 2.44. The number of nitrogens with one attached hydrogen (secondary N) is 2. The predicted octanol–water partition coefficient (Wildman–Crippen LogP) is 3.31. The summed E-state index contributed by atoms with van der Waals surface area (Å²) >= 11 is 0.